The Morgan fingerprint density at radius 3 is 2.52 bits per heavy atom. The summed E-state index contributed by atoms with van der Waals surface area (Å²) in [6.07, 6.45) is 1.81. The van der Waals surface area contributed by atoms with E-state index in [1.807, 2.05) is 30.3 Å². The maximum Gasteiger partial charge on any atom is 0.206 e. The molecule has 1 saturated heterocycles. The van der Waals surface area contributed by atoms with Crippen molar-refractivity contribution in [3.05, 3.63) is 48.0 Å². The predicted molar refractivity (Wildman–Crippen MR) is 99.5 cm³/mol. The van der Waals surface area contributed by atoms with Crippen LogP contribution in [0.15, 0.2) is 47.4 Å². The van der Waals surface area contributed by atoms with E-state index in [-0.39, 0.29) is 10.7 Å². The molecule has 0 aliphatic carbocycles. The Kier molecular flexibility index (Phi) is 4.29. The average Bonchev–Trinajstić information content (AvgIpc) is 3.33. The quantitative estimate of drug-likeness (QED) is 0.615. The van der Waals surface area contributed by atoms with E-state index in [9.17, 15) is 13.5 Å². The van der Waals surface area contributed by atoms with E-state index in [0.717, 1.165) is 23.9 Å². The van der Waals surface area contributed by atoms with Gasteiger partial charge in [0, 0.05) is 18.4 Å². The van der Waals surface area contributed by atoms with Crippen molar-refractivity contribution in [1.82, 2.24) is 25.9 Å². The molecule has 0 spiro atoms. The Morgan fingerprint density at radius 2 is 1.93 bits per heavy atom. The molecule has 1 fully saturated rings. The highest BCUT2D eigenvalue weighted by atomic mass is 32.2. The second kappa shape index (κ2) is 6.52. The zero-order valence-electron chi connectivity index (χ0n) is 14.7. The van der Waals surface area contributed by atoms with Crippen molar-refractivity contribution < 1.29 is 13.5 Å². The van der Waals surface area contributed by atoms with Crippen molar-refractivity contribution in [1.29, 1.82) is 0 Å². The molecule has 1 aliphatic rings. The summed E-state index contributed by atoms with van der Waals surface area (Å²) < 4.78 is 24.6. The second-order valence-electron chi connectivity index (χ2n) is 6.72. The average molecular weight is 385 g/mol. The van der Waals surface area contributed by atoms with Crippen LogP contribution in [0.25, 0.3) is 22.5 Å². The lowest BCUT2D eigenvalue weighted by Crippen LogP contribution is -2.28. The number of nitrogens with zero attached hydrogens (tertiary/aromatic N) is 3. The molecule has 3 N–H and O–H groups in total. The fourth-order valence-corrected chi connectivity index (χ4v) is 4.36. The van der Waals surface area contributed by atoms with Gasteiger partial charge in [-0.3, -0.25) is 0 Å². The Hall–Kier alpha value is -2.62. The molecule has 2 aromatic carbocycles. The van der Waals surface area contributed by atoms with E-state index < -0.39 is 15.4 Å². The van der Waals surface area contributed by atoms with Crippen molar-refractivity contribution >= 4 is 9.84 Å². The van der Waals surface area contributed by atoms with Crippen LogP contribution in [-0.2, 0) is 15.4 Å². The zero-order valence-corrected chi connectivity index (χ0v) is 15.5. The molecular weight excluding hydrogens is 366 g/mol. The van der Waals surface area contributed by atoms with Crippen LogP contribution in [0.2, 0.25) is 0 Å². The molecule has 1 aromatic heterocycles. The first-order chi connectivity index (χ1) is 12.9. The van der Waals surface area contributed by atoms with E-state index in [0.29, 0.717) is 24.1 Å². The van der Waals surface area contributed by atoms with Gasteiger partial charge in [-0.05, 0) is 40.9 Å². The van der Waals surface area contributed by atoms with E-state index >= 15 is 0 Å². The van der Waals surface area contributed by atoms with Crippen molar-refractivity contribution in [2.24, 2.45) is 0 Å². The lowest BCUT2D eigenvalue weighted by Gasteiger charge is -2.22. The third kappa shape index (κ3) is 3.25. The number of sulfone groups is 1. The number of H-pyrrole nitrogens is 1. The van der Waals surface area contributed by atoms with Gasteiger partial charge in [0.1, 0.15) is 5.60 Å². The van der Waals surface area contributed by atoms with Crippen LogP contribution >= 0.6 is 0 Å². The highest BCUT2D eigenvalue weighted by molar-refractivity contribution is 7.90. The van der Waals surface area contributed by atoms with Crippen LogP contribution in [0.1, 0.15) is 12.0 Å². The van der Waals surface area contributed by atoms with E-state index in [1.54, 1.807) is 6.07 Å². The van der Waals surface area contributed by atoms with Crippen molar-refractivity contribution in [2.75, 3.05) is 19.3 Å². The third-order valence-electron chi connectivity index (χ3n) is 4.86. The molecular formula is C18H19N5O3S. The monoisotopic (exact) mass is 385 g/mol. The van der Waals surface area contributed by atoms with Gasteiger partial charge in [0.05, 0.1) is 4.90 Å². The number of aromatic nitrogens is 4. The normalized spacial score (nSPS) is 20.1. The summed E-state index contributed by atoms with van der Waals surface area (Å²) in [4.78, 5) is 0.143. The molecule has 1 aliphatic heterocycles. The molecule has 1 atom stereocenters. The molecule has 2 heterocycles. The first-order valence-electron chi connectivity index (χ1n) is 8.49. The molecule has 4 rings (SSSR count). The summed E-state index contributed by atoms with van der Waals surface area (Å²) in [5.74, 6) is 0.216. The van der Waals surface area contributed by atoms with Gasteiger partial charge in [0.15, 0.2) is 9.84 Å². The molecule has 0 radical (unpaired) electrons. The fraction of sp³-hybridized carbons (Fsp3) is 0.278. The molecule has 3 aromatic rings. The van der Waals surface area contributed by atoms with Gasteiger partial charge in [0.2, 0.25) is 5.82 Å². The van der Waals surface area contributed by atoms with E-state index in [2.05, 4.69) is 25.9 Å². The molecule has 27 heavy (non-hydrogen) atoms. The first kappa shape index (κ1) is 17.8. The number of β-amino-alcohol motifs (C(OH)–C–C–N with tert-alkyl or cyclic N) is 1. The molecule has 1 unspecified atom stereocenters. The molecule has 0 bridgehead atoms. The molecule has 9 heteroatoms. The van der Waals surface area contributed by atoms with Gasteiger partial charge in [-0.2, -0.15) is 5.21 Å². The van der Waals surface area contributed by atoms with Gasteiger partial charge in [-0.1, -0.05) is 36.4 Å². The molecule has 140 valence electrons. The number of rotatable bonds is 4. The SMILES string of the molecule is CS(=O)(=O)c1cccc(-c2ccc(C3(O)CCNC3)cc2)c1-c1nn[nH]n1. The van der Waals surface area contributed by atoms with Crippen LogP contribution in [0.5, 0.6) is 0 Å². The topological polar surface area (TPSA) is 121 Å². The summed E-state index contributed by atoms with van der Waals surface area (Å²) in [6.45, 7) is 1.29. The van der Waals surface area contributed by atoms with Crippen molar-refractivity contribution in [3.63, 3.8) is 0 Å². The van der Waals surface area contributed by atoms with Gasteiger partial charge >= 0.3 is 0 Å². The number of hydrogen-bond acceptors (Lipinski definition) is 7. The summed E-state index contributed by atoms with van der Waals surface area (Å²) in [5, 5.41) is 27.8. The third-order valence-corrected chi connectivity index (χ3v) is 6.00. The largest absolute Gasteiger partial charge is 0.384 e. The van der Waals surface area contributed by atoms with Crippen LogP contribution in [0.3, 0.4) is 0 Å². The lowest BCUT2D eigenvalue weighted by molar-refractivity contribution is 0.0588. The smallest absolute Gasteiger partial charge is 0.206 e. The first-order valence-corrected chi connectivity index (χ1v) is 10.4. The fourth-order valence-electron chi connectivity index (χ4n) is 3.46. The summed E-state index contributed by atoms with van der Waals surface area (Å²) in [5.41, 5.74) is 1.85. The van der Waals surface area contributed by atoms with Gasteiger partial charge < -0.3 is 10.4 Å². The maximum absolute atomic E-state index is 12.3. The minimum Gasteiger partial charge on any atom is -0.384 e. The number of tetrazole rings is 1. The van der Waals surface area contributed by atoms with E-state index in [4.69, 9.17) is 0 Å². The predicted octanol–water partition coefficient (Wildman–Crippen LogP) is 1.12. The minimum atomic E-state index is -3.49. The summed E-state index contributed by atoms with van der Waals surface area (Å²) >= 11 is 0. The Bertz CT molecular complexity index is 1060. The number of benzene rings is 2. The number of nitrogens with one attached hydrogen (secondary N) is 2. The second-order valence-corrected chi connectivity index (χ2v) is 8.71. The van der Waals surface area contributed by atoms with Gasteiger partial charge in [-0.25, -0.2) is 8.42 Å². The minimum absolute atomic E-state index is 0.143. The maximum atomic E-state index is 12.3. The van der Waals surface area contributed by atoms with Crippen LogP contribution in [0, 0.1) is 0 Å². The Morgan fingerprint density at radius 1 is 1.15 bits per heavy atom. The standard InChI is InChI=1S/C18H19N5O3S/c1-27(25,26)15-4-2-3-14(16(15)17-20-22-23-21-17)12-5-7-13(8-6-12)18(24)9-10-19-11-18/h2-8,19,24H,9-11H2,1H3,(H,20,21,22,23). The van der Waals surface area contributed by atoms with E-state index in [1.165, 1.54) is 6.07 Å². The van der Waals surface area contributed by atoms with Crippen LogP contribution < -0.4 is 5.32 Å². The lowest BCUT2D eigenvalue weighted by atomic mass is 9.90. The Labute approximate surface area is 156 Å². The summed E-state index contributed by atoms with van der Waals surface area (Å²) in [6, 6.07) is 12.5. The molecule has 8 nitrogen and oxygen atoms in total. The van der Waals surface area contributed by atoms with Crippen molar-refractivity contribution in [3.8, 4) is 22.5 Å². The van der Waals surface area contributed by atoms with Crippen LogP contribution in [-0.4, -0.2) is 53.5 Å². The van der Waals surface area contributed by atoms with Crippen LogP contribution in [0.4, 0.5) is 0 Å². The summed E-state index contributed by atoms with van der Waals surface area (Å²) in [7, 11) is -3.49. The zero-order chi connectivity index (χ0) is 19.1. The number of aliphatic hydroxyl groups is 1. The number of hydrogen-bond donors (Lipinski definition) is 3. The highest BCUT2D eigenvalue weighted by Crippen LogP contribution is 2.36. The molecule has 0 amide bonds. The molecule has 0 saturated carbocycles. The van der Waals surface area contributed by atoms with Gasteiger partial charge in [-0.15, -0.1) is 10.2 Å². The Balaban J connectivity index is 1.85. The number of aromatic amines is 1. The van der Waals surface area contributed by atoms with Crippen molar-refractivity contribution in [2.45, 2.75) is 16.9 Å². The highest BCUT2D eigenvalue weighted by Gasteiger charge is 2.32. The van der Waals surface area contributed by atoms with Gasteiger partial charge in [0.25, 0.3) is 0 Å².